The van der Waals surface area contributed by atoms with E-state index in [2.05, 4.69) is 5.32 Å². The molecule has 1 nitrogen and oxygen atoms in total. The summed E-state index contributed by atoms with van der Waals surface area (Å²) in [6.45, 7) is 4.12. The average Bonchev–Trinajstić information content (AvgIpc) is 2.08. The highest BCUT2D eigenvalue weighted by Crippen LogP contribution is 2.24. The number of halogens is 3. The number of hydrogen-bond acceptors (Lipinski definition) is 1. The van der Waals surface area contributed by atoms with Crippen molar-refractivity contribution in [2.24, 2.45) is 0 Å². The van der Waals surface area contributed by atoms with Gasteiger partial charge in [0.2, 0.25) is 0 Å². The van der Waals surface area contributed by atoms with E-state index in [1.54, 1.807) is 6.92 Å². The molecular weight excluding hydrogens is 191 g/mol. The summed E-state index contributed by atoms with van der Waals surface area (Å²) < 4.78 is 37.1. The first-order valence-corrected chi connectivity index (χ1v) is 5.32. The first kappa shape index (κ1) is 13.8. The Hall–Kier alpha value is -0.250. The number of unbranched alkanes of at least 4 members (excludes halogenated alkanes) is 3. The predicted octanol–water partition coefficient (Wildman–Crippen LogP) is 3.50. The van der Waals surface area contributed by atoms with Crippen LogP contribution in [0.5, 0.6) is 0 Å². The minimum absolute atomic E-state index is 0.206. The summed E-state index contributed by atoms with van der Waals surface area (Å²) in [5, 5.41) is 2.47. The average molecular weight is 211 g/mol. The fourth-order valence-electron chi connectivity index (χ4n) is 1.40. The Kier molecular flexibility index (Phi) is 6.97. The lowest BCUT2D eigenvalue weighted by molar-refractivity contribution is -0.157. The van der Waals surface area contributed by atoms with Crippen LogP contribution in [0.3, 0.4) is 0 Å². The van der Waals surface area contributed by atoms with Crippen molar-refractivity contribution in [2.45, 2.75) is 58.2 Å². The zero-order valence-electron chi connectivity index (χ0n) is 8.95. The van der Waals surface area contributed by atoms with Gasteiger partial charge in [-0.15, -0.1) is 0 Å². The number of hydrogen-bond donors (Lipinski definition) is 1. The molecule has 0 bridgehead atoms. The highest BCUT2D eigenvalue weighted by Gasteiger charge is 2.38. The second kappa shape index (κ2) is 7.10. The molecule has 1 N–H and O–H groups in total. The summed E-state index contributed by atoms with van der Waals surface area (Å²) in [5.41, 5.74) is 0. The molecule has 0 fully saturated rings. The van der Waals surface area contributed by atoms with E-state index in [0.29, 0.717) is 13.0 Å². The molecule has 0 rings (SSSR count). The van der Waals surface area contributed by atoms with Gasteiger partial charge >= 0.3 is 6.18 Å². The van der Waals surface area contributed by atoms with Gasteiger partial charge in [-0.3, -0.25) is 0 Å². The van der Waals surface area contributed by atoms with E-state index in [9.17, 15) is 13.2 Å². The van der Waals surface area contributed by atoms with E-state index in [1.165, 1.54) is 0 Å². The van der Waals surface area contributed by atoms with Gasteiger partial charge in [-0.25, -0.2) is 0 Å². The molecule has 0 aromatic rings. The molecule has 0 aromatic heterocycles. The Labute approximate surface area is 84.1 Å². The lowest BCUT2D eigenvalue weighted by atomic mass is 10.1. The minimum atomic E-state index is -4.10. The highest BCUT2D eigenvalue weighted by atomic mass is 19.4. The van der Waals surface area contributed by atoms with Gasteiger partial charge in [-0.1, -0.05) is 39.5 Å². The smallest absolute Gasteiger partial charge is 0.306 e. The third-order valence-electron chi connectivity index (χ3n) is 2.19. The summed E-state index contributed by atoms with van der Waals surface area (Å²) >= 11 is 0. The zero-order chi connectivity index (χ0) is 11.0. The van der Waals surface area contributed by atoms with Crippen LogP contribution in [0.1, 0.15) is 46.0 Å². The van der Waals surface area contributed by atoms with Crippen molar-refractivity contribution in [3.05, 3.63) is 0 Å². The molecule has 0 aliphatic rings. The molecule has 0 saturated heterocycles. The van der Waals surface area contributed by atoms with Crippen LogP contribution in [0.25, 0.3) is 0 Å². The van der Waals surface area contributed by atoms with Crippen molar-refractivity contribution < 1.29 is 13.2 Å². The number of nitrogens with one attached hydrogen (secondary N) is 1. The maximum absolute atomic E-state index is 12.4. The zero-order valence-corrected chi connectivity index (χ0v) is 8.95. The summed E-state index contributed by atoms with van der Waals surface area (Å²) in [5.74, 6) is 0. The molecule has 4 heteroatoms. The fraction of sp³-hybridized carbons (Fsp3) is 1.00. The summed E-state index contributed by atoms with van der Waals surface area (Å²) in [6, 6.07) is -1.32. The maximum atomic E-state index is 12.4. The summed E-state index contributed by atoms with van der Waals surface area (Å²) in [6.07, 6.45) is -0.256. The minimum Gasteiger partial charge on any atom is -0.306 e. The van der Waals surface area contributed by atoms with Crippen LogP contribution in [0.2, 0.25) is 0 Å². The molecule has 1 unspecified atom stereocenters. The second-order valence-corrected chi connectivity index (χ2v) is 3.50. The van der Waals surface area contributed by atoms with Gasteiger partial charge < -0.3 is 5.32 Å². The largest absolute Gasteiger partial charge is 0.403 e. The molecule has 86 valence electrons. The first-order chi connectivity index (χ1) is 6.52. The van der Waals surface area contributed by atoms with Crippen molar-refractivity contribution in [1.29, 1.82) is 0 Å². The second-order valence-electron chi connectivity index (χ2n) is 3.50. The van der Waals surface area contributed by atoms with Crippen LogP contribution in [0.4, 0.5) is 13.2 Å². The van der Waals surface area contributed by atoms with Crippen LogP contribution in [-0.2, 0) is 0 Å². The van der Waals surface area contributed by atoms with E-state index in [1.807, 2.05) is 6.92 Å². The molecule has 0 aliphatic heterocycles. The molecule has 0 radical (unpaired) electrons. The van der Waals surface area contributed by atoms with Crippen LogP contribution < -0.4 is 5.32 Å². The van der Waals surface area contributed by atoms with Crippen LogP contribution >= 0.6 is 0 Å². The van der Waals surface area contributed by atoms with E-state index >= 15 is 0 Å². The van der Waals surface area contributed by atoms with Crippen molar-refractivity contribution in [2.75, 3.05) is 6.54 Å². The lowest BCUT2D eigenvalue weighted by Gasteiger charge is -2.20. The van der Waals surface area contributed by atoms with Gasteiger partial charge in [0.25, 0.3) is 0 Å². The van der Waals surface area contributed by atoms with Gasteiger partial charge in [0, 0.05) is 0 Å². The van der Waals surface area contributed by atoms with Gasteiger partial charge in [0.1, 0.15) is 6.04 Å². The molecule has 0 aliphatic carbocycles. The molecule has 0 amide bonds. The highest BCUT2D eigenvalue weighted by molar-refractivity contribution is 4.74. The molecule has 0 heterocycles. The third-order valence-corrected chi connectivity index (χ3v) is 2.19. The van der Waals surface area contributed by atoms with Crippen molar-refractivity contribution in [1.82, 2.24) is 5.32 Å². The van der Waals surface area contributed by atoms with E-state index in [-0.39, 0.29) is 6.42 Å². The summed E-state index contributed by atoms with van der Waals surface area (Å²) in [7, 11) is 0. The predicted molar refractivity (Wildman–Crippen MR) is 52.3 cm³/mol. The van der Waals surface area contributed by atoms with E-state index < -0.39 is 12.2 Å². The molecule has 0 spiro atoms. The standard InChI is InChI=1S/C10H20F3N/c1-3-5-6-7-8-9(14-4-2)10(11,12)13/h9,14H,3-8H2,1-2H3. The van der Waals surface area contributed by atoms with Crippen LogP contribution in [0, 0.1) is 0 Å². The molecule has 0 saturated carbocycles. The van der Waals surface area contributed by atoms with E-state index in [4.69, 9.17) is 0 Å². The maximum Gasteiger partial charge on any atom is 0.403 e. The quantitative estimate of drug-likeness (QED) is 0.635. The normalized spacial score (nSPS) is 14.4. The van der Waals surface area contributed by atoms with Crippen molar-refractivity contribution in [3.8, 4) is 0 Å². The number of rotatable bonds is 7. The topological polar surface area (TPSA) is 12.0 Å². The Morgan fingerprint density at radius 2 is 1.71 bits per heavy atom. The lowest BCUT2D eigenvalue weighted by Crippen LogP contribution is -2.42. The Bertz CT molecular complexity index is 134. The Balaban J connectivity index is 3.74. The van der Waals surface area contributed by atoms with Gasteiger partial charge in [-0.05, 0) is 13.0 Å². The number of alkyl halides is 3. The molecular formula is C10H20F3N. The molecule has 1 atom stereocenters. The Morgan fingerprint density at radius 1 is 1.07 bits per heavy atom. The van der Waals surface area contributed by atoms with Crippen molar-refractivity contribution >= 4 is 0 Å². The SMILES string of the molecule is CCCCCCC(NCC)C(F)(F)F. The monoisotopic (exact) mass is 211 g/mol. The van der Waals surface area contributed by atoms with Crippen molar-refractivity contribution in [3.63, 3.8) is 0 Å². The van der Waals surface area contributed by atoms with Gasteiger partial charge in [0.15, 0.2) is 0 Å². The Morgan fingerprint density at radius 3 is 2.14 bits per heavy atom. The first-order valence-electron chi connectivity index (χ1n) is 5.32. The fourth-order valence-corrected chi connectivity index (χ4v) is 1.40. The van der Waals surface area contributed by atoms with E-state index in [0.717, 1.165) is 19.3 Å². The van der Waals surface area contributed by atoms with Gasteiger partial charge in [0.05, 0.1) is 0 Å². The molecule has 14 heavy (non-hydrogen) atoms. The third kappa shape index (κ3) is 6.24. The summed E-state index contributed by atoms with van der Waals surface area (Å²) in [4.78, 5) is 0. The molecule has 0 aromatic carbocycles. The van der Waals surface area contributed by atoms with Crippen LogP contribution in [0.15, 0.2) is 0 Å². The van der Waals surface area contributed by atoms with Gasteiger partial charge in [-0.2, -0.15) is 13.2 Å². The van der Waals surface area contributed by atoms with Crippen LogP contribution in [-0.4, -0.2) is 18.8 Å².